The van der Waals surface area contributed by atoms with Crippen LogP contribution in [-0.4, -0.2) is 27.7 Å². The van der Waals surface area contributed by atoms with E-state index >= 15 is 0 Å². The molecule has 28 heavy (non-hydrogen) atoms. The van der Waals surface area contributed by atoms with Gasteiger partial charge in [0.25, 0.3) is 0 Å². The van der Waals surface area contributed by atoms with Gasteiger partial charge in [-0.05, 0) is 31.2 Å². The number of fused-ring (bicyclic) bond motifs is 1. The monoisotopic (exact) mass is 374 g/mol. The van der Waals surface area contributed by atoms with Gasteiger partial charge in [0, 0.05) is 47.2 Å². The molecule has 4 aromatic rings. The molecule has 0 aliphatic heterocycles. The van der Waals surface area contributed by atoms with Crippen LogP contribution < -0.4 is 10.1 Å². The number of hydrogen-bond acceptors (Lipinski definition) is 4. The molecule has 0 spiro atoms. The maximum atomic E-state index is 13.6. The molecule has 6 heteroatoms. The number of anilines is 1. The molecule has 0 radical (unpaired) electrons. The second kappa shape index (κ2) is 7.60. The summed E-state index contributed by atoms with van der Waals surface area (Å²) in [7, 11) is 1.62. The molecule has 0 saturated heterocycles. The lowest BCUT2D eigenvalue weighted by Gasteiger charge is -2.20. The Bertz CT molecular complexity index is 1110. The molecule has 1 atom stereocenters. The quantitative estimate of drug-likeness (QED) is 0.470. The summed E-state index contributed by atoms with van der Waals surface area (Å²) < 4.78 is 7.15. The zero-order chi connectivity index (χ0) is 19.5. The highest BCUT2D eigenvalue weighted by Gasteiger charge is 2.27. The molecule has 2 aromatic heterocycles. The first-order chi connectivity index (χ1) is 13.7. The number of carbonyl (C=O) groups excluding carboxylic acids is 1. The molecule has 0 aliphatic rings. The van der Waals surface area contributed by atoms with Crippen LogP contribution in [0.3, 0.4) is 0 Å². The van der Waals surface area contributed by atoms with Crippen molar-refractivity contribution in [3.8, 4) is 5.75 Å². The fourth-order valence-corrected chi connectivity index (χ4v) is 3.44. The van der Waals surface area contributed by atoms with Crippen LogP contribution in [0.25, 0.3) is 10.9 Å². The summed E-state index contributed by atoms with van der Waals surface area (Å²) in [5, 5.41) is 8.64. The minimum absolute atomic E-state index is 0.0181. The number of hydrogen-bond donors (Lipinski definition) is 2. The standard InChI is InChI=1S/C22H22N4O2/c1-3-26-20(11-12-24-26)21(25-15-7-6-8-16(13-15)28-2)22(27)18-14-23-19-10-5-4-9-17(18)19/h4-14,21,23,25H,3H2,1-2H3. The van der Waals surface area contributed by atoms with Crippen LogP contribution in [0, 0.1) is 0 Å². The van der Waals surface area contributed by atoms with Gasteiger partial charge in [0.05, 0.1) is 12.8 Å². The number of aromatic amines is 1. The Kier molecular flexibility index (Phi) is 4.85. The molecule has 0 fully saturated rings. The van der Waals surface area contributed by atoms with Crippen molar-refractivity contribution >= 4 is 22.4 Å². The summed E-state index contributed by atoms with van der Waals surface area (Å²) in [4.78, 5) is 16.8. The number of aryl methyl sites for hydroxylation is 1. The van der Waals surface area contributed by atoms with Crippen LogP contribution in [0.5, 0.6) is 5.75 Å². The van der Waals surface area contributed by atoms with Crippen molar-refractivity contribution in [3.05, 3.63) is 78.2 Å². The van der Waals surface area contributed by atoms with Gasteiger partial charge in [-0.15, -0.1) is 0 Å². The fraction of sp³-hybridized carbons (Fsp3) is 0.182. The Morgan fingerprint density at radius 2 is 2.07 bits per heavy atom. The number of nitrogens with zero attached hydrogens (tertiary/aromatic N) is 2. The first-order valence-electron chi connectivity index (χ1n) is 9.24. The van der Waals surface area contributed by atoms with E-state index in [-0.39, 0.29) is 5.78 Å². The minimum atomic E-state index is -0.575. The maximum absolute atomic E-state index is 13.6. The molecule has 142 valence electrons. The zero-order valence-corrected chi connectivity index (χ0v) is 15.8. The van der Waals surface area contributed by atoms with Gasteiger partial charge in [-0.1, -0.05) is 24.3 Å². The number of methoxy groups -OCH3 is 1. The Morgan fingerprint density at radius 3 is 2.89 bits per heavy atom. The minimum Gasteiger partial charge on any atom is -0.497 e. The molecule has 2 N–H and O–H groups in total. The lowest BCUT2D eigenvalue weighted by molar-refractivity contribution is 0.0968. The topological polar surface area (TPSA) is 71.9 Å². The molecule has 2 heterocycles. The number of Topliss-reactive ketones (excluding diaryl/α,β-unsaturated/α-hetero) is 1. The predicted octanol–water partition coefficient (Wildman–Crippen LogP) is 4.43. The van der Waals surface area contributed by atoms with Crippen molar-refractivity contribution in [2.24, 2.45) is 0 Å². The van der Waals surface area contributed by atoms with E-state index in [1.165, 1.54) is 0 Å². The fourth-order valence-electron chi connectivity index (χ4n) is 3.44. The van der Waals surface area contributed by atoms with Crippen LogP contribution in [0.4, 0.5) is 5.69 Å². The molecule has 0 aliphatic carbocycles. The number of benzene rings is 2. The Morgan fingerprint density at radius 1 is 1.21 bits per heavy atom. The molecule has 0 bridgehead atoms. The van der Waals surface area contributed by atoms with Crippen LogP contribution in [0.2, 0.25) is 0 Å². The third-order valence-electron chi connectivity index (χ3n) is 4.84. The van der Waals surface area contributed by atoms with Gasteiger partial charge in [-0.2, -0.15) is 5.10 Å². The Hall–Kier alpha value is -3.54. The Balaban J connectivity index is 1.77. The summed E-state index contributed by atoms with van der Waals surface area (Å²) >= 11 is 0. The second-order valence-electron chi connectivity index (χ2n) is 6.49. The molecule has 1 unspecified atom stereocenters. The summed E-state index contributed by atoms with van der Waals surface area (Å²) in [6.45, 7) is 2.69. The molecule has 0 saturated carbocycles. The molecule has 0 amide bonds. The van der Waals surface area contributed by atoms with Crippen LogP contribution >= 0.6 is 0 Å². The van der Waals surface area contributed by atoms with Crippen molar-refractivity contribution in [2.75, 3.05) is 12.4 Å². The van der Waals surface area contributed by atoms with Crippen molar-refractivity contribution < 1.29 is 9.53 Å². The number of ether oxygens (including phenoxy) is 1. The normalized spacial score (nSPS) is 12.1. The third-order valence-corrected chi connectivity index (χ3v) is 4.84. The van der Waals surface area contributed by atoms with Gasteiger partial charge < -0.3 is 15.0 Å². The summed E-state index contributed by atoms with van der Waals surface area (Å²) in [5.41, 5.74) is 3.22. The molecular weight excluding hydrogens is 352 g/mol. The second-order valence-corrected chi connectivity index (χ2v) is 6.49. The van der Waals surface area contributed by atoms with Gasteiger partial charge in [0.2, 0.25) is 0 Å². The number of nitrogens with one attached hydrogen (secondary N) is 2. The van der Waals surface area contributed by atoms with Crippen molar-refractivity contribution in [1.82, 2.24) is 14.8 Å². The van der Waals surface area contributed by atoms with Gasteiger partial charge >= 0.3 is 0 Å². The Labute approximate surface area is 163 Å². The van der Waals surface area contributed by atoms with Crippen molar-refractivity contribution in [1.29, 1.82) is 0 Å². The van der Waals surface area contributed by atoms with E-state index in [2.05, 4.69) is 15.4 Å². The maximum Gasteiger partial charge on any atom is 0.193 e. The number of H-pyrrole nitrogens is 1. The van der Waals surface area contributed by atoms with E-state index in [1.54, 1.807) is 19.5 Å². The largest absolute Gasteiger partial charge is 0.497 e. The zero-order valence-electron chi connectivity index (χ0n) is 15.8. The summed E-state index contributed by atoms with van der Waals surface area (Å²) in [5.74, 6) is 0.711. The molecular formula is C22H22N4O2. The molecule has 2 aromatic carbocycles. The number of aromatic nitrogens is 3. The number of ketones is 1. The highest BCUT2D eigenvalue weighted by molar-refractivity contribution is 6.11. The summed E-state index contributed by atoms with van der Waals surface area (Å²) in [6.07, 6.45) is 3.50. The highest BCUT2D eigenvalue weighted by atomic mass is 16.5. The van der Waals surface area contributed by atoms with Crippen molar-refractivity contribution in [2.45, 2.75) is 19.5 Å². The van der Waals surface area contributed by atoms with E-state index in [4.69, 9.17) is 4.74 Å². The van der Waals surface area contributed by atoms with E-state index in [0.717, 1.165) is 28.0 Å². The average Bonchev–Trinajstić information content (AvgIpc) is 3.38. The SMILES string of the molecule is CCn1nccc1C(Nc1cccc(OC)c1)C(=O)c1c[nH]c2ccccc12. The van der Waals surface area contributed by atoms with E-state index in [0.29, 0.717) is 12.1 Å². The number of carbonyl (C=O) groups is 1. The third kappa shape index (κ3) is 3.24. The van der Waals surface area contributed by atoms with Gasteiger partial charge in [0.15, 0.2) is 5.78 Å². The van der Waals surface area contributed by atoms with E-state index < -0.39 is 6.04 Å². The highest BCUT2D eigenvalue weighted by Crippen LogP contribution is 2.28. The van der Waals surface area contributed by atoms with Crippen molar-refractivity contribution in [3.63, 3.8) is 0 Å². The van der Waals surface area contributed by atoms with Crippen LogP contribution in [0.1, 0.15) is 29.0 Å². The predicted molar refractivity (Wildman–Crippen MR) is 110 cm³/mol. The van der Waals surface area contributed by atoms with Gasteiger partial charge in [-0.25, -0.2) is 0 Å². The van der Waals surface area contributed by atoms with Crippen LogP contribution in [0.15, 0.2) is 67.0 Å². The molecule has 4 rings (SSSR count). The van der Waals surface area contributed by atoms with Crippen LogP contribution in [-0.2, 0) is 6.54 Å². The summed E-state index contributed by atoms with van der Waals surface area (Å²) in [6, 6.07) is 16.7. The van der Waals surface area contributed by atoms with Gasteiger partial charge in [0.1, 0.15) is 11.8 Å². The molecule has 6 nitrogen and oxygen atoms in total. The van der Waals surface area contributed by atoms with E-state index in [1.807, 2.05) is 66.2 Å². The van der Waals surface area contributed by atoms with Gasteiger partial charge in [-0.3, -0.25) is 9.48 Å². The average molecular weight is 374 g/mol. The smallest absolute Gasteiger partial charge is 0.193 e. The van der Waals surface area contributed by atoms with E-state index in [9.17, 15) is 4.79 Å². The first kappa shape index (κ1) is 17.9. The lowest BCUT2D eigenvalue weighted by atomic mass is 10.00. The number of para-hydroxylation sites is 1. The lowest BCUT2D eigenvalue weighted by Crippen LogP contribution is -2.24. The number of rotatable bonds is 7. The first-order valence-corrected chi connectivity index (χ1v) is 9.24.